The summed E-state index contributed by atoms with van der Waals surface area (Å²) in [6, 6.07) is 0. The molecule has 3 atom stereocenters. The quantitative estimate of drug-likeness (QED) is 0.485. The molecule has 2 fully saturated rings. The van der Waals surface area contributed by atoms with E-state index in [2.05, 4.69) is 0 Å². The predicted molar refractivity (Wildman–Crippen MR) is 98.9 cm³/mol. The zero-order chi connectivity index (χ0) is 16.9. The van der Waals surface area contributed by atoms with Gasteiger partial charge in [0.05, 0.1) is 13.2 Å². The van der Waals surface area contributed by atoms with Gasteiger partial charge in [-0.05, 0) is 50.7 Å². The highest BCUT2D eigenvalue weighted by Crippen LogP contribution is 2.15. The molecule has 2 rings (SSSR count). The Bertz CT molecular complexity index is 331. The predicted octanol–water partition coefficient (Wildman–Crippen LogP) is 2.94. The van der Waals surface area contributed by atoms with Gasteiger partial charge in [-0.25, -0.2) is 0 Å². The molecule has 0 radical (unpaired) electrons. The molecule has 3 unspecified atom stereocenters. The third kappa shape index (κ3) is 9.73. The highest BCUT2D eigenvalue weighted by molar-refractivity contribution is 7.99. The lowest BCUT2D eigenvalue weighted by atomic mass is 10.2. The molecule has 7 heteroatoms. The normalized spacial score (nSPS) is 26.3. The summed E-state index contributed by atoms with van der Waals surface area (Å²) in [6.07, 6.45) is 7.58. The van der Waals surface area contributed by atoms with Crippen molar-refractivity contribution >= 4 is 22.6 Å². The Hall–Kier alpha value is 0.340. The summed E-state index contributed by atoms with van der Waals surface area (Å²) < 4.78 is 34.3. The van der Waals surface area contributed by atoms with Gasteiger partial charge in [0.2, 0.25) is 0 Å². The van der Waals surface area contributed by atoms with Gasteiger partial charge >= 0.3 is 0 Å². The molecule has 5 nitrogen and oxygen atoms in total. The Kier molecular flexibility index (Phi) is 11.6. The summed E-state index contributed by atoms with van der Waals surface area (Å²) in [5.41, 5.74) is 0. The number of rotatable bonds is 12. The zero-order valence-corrected chi connectivity index (χ0v) is 16.3. The molecular weight excluding hydrogens is 348 g/mol. The van der Waals surface area contributed by atoms with Crippen LogP contribution < -0.4 is 0 Å². The van der Waals surface area contributed by atoms with Crippen LogP contribution in [0.4, 0.5) is 0 Å². The van der Waals surface area contributed by atoms with Crippen LogP contribution in [0.25, 0.3) is 0 Å². The van der Waals surface area contributed by atoms with E-state index in [0.717, 1.165) is 69.2 Å². The van der Waals surface area contributed by atoms with E-state index in [0.29, 0.717) is 12.4 Å². The first kappa shape index (κ1) is 20.6. The van der Waals surface area contributed by atoms with Gasteiger partial charge in [-0.1, -0.05) is 0 Å². The first-order valence-corrected chi connectivity index (χ1v) is 11.9. The molecule has 0 spiro atoms. The maximum absolute atomic E-state index is 11.9. The minimum absolute atomic E-state index is 0.0139. The lowest BCUT2D eigenvalue weighted by molar-refractivity contribution is -0.158. The van der Waals surface area contributed by atoms with Crippen LogP contribution in [0.1, 0.15) is 44.9 Å². The van der Waals surface area contributed by atoms with Gasteiger partial charge in [0, 0.05) is 41.3 Å². The van der Waals surface area contributed by atoms with E-state index in [9.17, 15) is 4.21 Å². The maximum atomic E-state index is 11.9. The van der Waals surface area contributed by atoms with Crippen molar-refractivity contribution in [2.24, 2.45) is 0 Å². The second-order valence-electron chi connectivity index (χ2n) is 6.15. The third-order valence-electron chi connectivity index (χ3n) is 4.08. The van der Waals surface area contributed by atoms with Crippen molar-refractivity contribution in [2.45, 2.75) is 57.5 Å². The summed E-state index contributed by atoms with van der Waals surface area (Å²) >= 11 is 1.86. The van der Waals surface area contributed by atoms with Gasteiger partial charge in [0.25, 0.3) is 0 Å². The zero-order valence-electron chi connectivity index (χ0n) is 14.6. The van der Waals surface area contributed by atoms with Crippen LogP contribution in [-0.2, 0) is 29.7 Å². The van der Waals surface area contributed by atoms with Crippen LogP contribution in [0.2, 0.25) is 0 Å². The molecule has 0 bridgehead atoms. The molecule has 0 aromatic heterocycles. The SMILES string of the molecule is O=S(CCCSCCOC1CCCCO1)CCOC1CCCCO1. The van der Waals surface area contributed by atoms with Gasteiger partial charge in [0.15, 0.2) is 12.6 Å². The summed E-state index contributed by atoms with van der Waals surface area (Å²) in [4.78, 5) is 0. The van der Waals surface area contributed by atoms with Crippen molar-refractivity contribution in [3.8, 4) is 0 Å². The van der Waals surface area contributed by atoms with Gasteiger partial charge in [-0.15, -0.1) is 0 Å². The Labute approximate surface area is 153 Å². The number of thioether (sulfide) groups is 1. The Balaban J connectivity index is 1.34. The van der Waals surface area contributed by atoms with E-state index < -0.39 is 10.8 Å². The molecule has 2 heterocycles. The van der Waals surface area contributed by atoms with Crippen molar-refractivity contribution < 1.29 is 23.2 Å². The highest BCUT2D eigenvalue weighted by atomic mass is 32.2. The fourth-order valence-electron chi connectivity index (χ4n) is 2.72. The van der Waals surface area contributed by atoms with Crippen LogP contribution in [-0.4, -0.2) is 66.2 Å². The van der Waals surface area contributed by atoms with Crippen molar-refractivity contribution in [1.82, 2.24) is 0 Å². The molecule has 2 saturated heterocycles. The second kappa shape index (κ2) is 13.5. The summed E-state index contributed by atoms with van der Waals surface area (Å²) in [6.45, 7) is 2.91. The monoisotopic (exact) mass is 380 g/mol. The first-order valence-electron chi connectivity index (χ1n) is 9.24. The highest BCUT2D eigenvalue weighted by Gasteiger charge is 2.14. The Morgan fingerprint density at radius 2 is 1.54 bits per heavy atom. The van der Waals surface area contributed by atoms with E-state index in [1.165, 1.54) is 12.8 Å². The van der Waals surface area contributed by atoms with E-state index >= 15 is 0 Å². The average molecular weight is 381 g/mol. The maximum Gasteiger partial charge on any atom is 0.157 e. The molecule has 0 aliphatic carbocycles. The van der Waals surface area contributed by atoms with Crippen LogP contribution in [0, 0.1) is 0 Å². The van der Waals surface area contributed by atoms with Crippen molar-refractivity contribution in [3.63, 3.8) is 0 Å². The molecular formula is C17H32O5S2. The molecule has 2 aliphatic rings. The lowest BCUT2D eigenvalue weighted by Gasteiger charge is -2.22. The molecule has 0 amide bonds. The molecule has 0 aromatic carbocycles. The van der Waals surface area contributed by atoms with Gasteiger partial charge in [-0.3, -0.25) is 4.21 Å². The smallest absolute Gasteiger partial charge is 0.157 e. The van der Waals surface area contributed by atoms with E-state index in [-0.39, 0.29) is 12.6 Å². The molecule has 0 aromatic rings. The average Bonchev–Trinajstić information content (AvgIpc) is 2.63. The van der Waals surface area contributed by atoms with E-state index in [1.54, 1.807) is 0 Å². The van der Waals surface area contributed by atoms with Gasteiger partial charge in [0.1, 0.15) is 0 Å². The Morgan fingerprint density at radius 3 is 2.17 bits per heavy atom. The Morgan fingerprint density at radius 1 is 0.875 bits per heavy atom. The molecule has 2 aliphatic heterocycles. The largest absolute Gasteiger partial charge is 0.353 e. The third-order valence-corrected chi connectivity index (χ3v) is 6.48. The lowest BCUT2D eigenvalue weighted by Crippen LogP contribution is -2.24. The summed E-state index contributed by atoms with van der Waals surface area (Å²) in [5, 5.41) is 0. The number of hydrogen-bond acceptors (Lipinski definition) is 6. The number of ether oxygens (including phenoxy) is 4. The molecule has 142 valence electrons. The van der Waals surface area contributed by atoms with Crippen LogP contribution in [0.3, 0.4) is 0 Å². The van der Waals surface area contributed by atoms with Crippen LogP contribution in [0.5, 0.6) is 0 Å². The summed E-state index contributed by atoms with van der Waals surface area (Å²) in [5.74, 6) is 3.39. The van der Waals surface area contributed by atoms with Gasteiger partial charge < -0.3 is 18.9 Å². The second-order valence-corrected chi connectivity index (χ2v) is 9.07. The van der Waals surface area contributed by atoms with E-state index in [1.807, 2.05) is 11.8 Å². The number of hydrogen-bond donors (Lipinski definition) is 0. The minimum Gasteiger partial charge on any atom is -0.353 e. The van der Waals surface area contributed by atoms with Crippen molar-refractivity contribution in [1.29, 1.82) is 0 Å². The van der Waals surface area contributed by atoms with E-state index in [4.69, 9.17) is 18.9 Å². The standard InChI is InChI=1S/C17H32O5S2/c18-24(15-11-22-17-7-2-4-9-20-17)14-5-12-23-13-10-21-16-6-1-3-8-19-16/h16-17H,1-15H2. The first-order chi connectivity index (χ1) is 11.8. The molecule has 0 saturated carbocycles. The fourth-order valence-corrected chi connectivity index (χ4v) is 4.62. The van der Waals surface area contributed by atoms with Crippen LogP contribution >= 0.6 is 11.8 Å². The minimum atomic E-state index is -0.781. The summed E-state index contributed by atoms with van der Waals surface area (Å²) in [7, 11) is -0.781. The van der Waals surface area contributed by atoms with Crippen molar-refractivity contribution in [2.75, 3.05) is 49.4 Å². The molecule has 24 heavy (non-hydrogen) atoms. The van der Waals surface area contributed by atoms with Crippen LogP contribution in [0.15, 0.2) is 0 Å². The van der Waals surface area contributed by atoms with Crippen molar-refractivity contribution in [3.05, 3.63) is 0 Å². The topological polar surface area (TPSA) is 54.0 Å². The molecule has 0 N–H and O–H groups in total. The fraction of sp³-hybridized carbons (Fsp3) is 1.00. The van der Waals surface area contributed by atoms with Gasteiger partial charge in [-0.2, -0.15) is 11.8 Å².